The molecule has 0 aromatic heterocycles. The third kappa shape index (κ3) is 4.35. The van der Waals surface area contributed by atoms with Gasteiger partial charge in [-0.25, -0.2) is 0 Å². The topological polar surface area (TPSA) is 58.4 Å². The Kier molecular flexibility index (Phi) is 5.20. The Morgan fingerprint density at radius 2 is 2.16 bits per heavy atom. The summed E-state index contributed by atoms with van der Waals surface area (Å²) in [4.78, 5) is 13.2. The van der Waals surface area contributed by atoms with Gasteiger partial charge in [0.1, 0.15) is 0 Å². The molecule has 1 aliphatic rings. The van der Waals surface area contributed by atoms with Gasteiger partial charge in [0.2, 0.25) is 5.91 Å². The number of hydrogen-bond acceptors (Lipinski definition) is 3. The standard InChI is InChI=1S/C12H22F3N3O/c1-3-17-11(10(16)19)5-4-9(8-11)18(2)7-6-12(13,14)15/h9,17H,3-8H2,1-2H3,(H2,16,19). The van der Waals surface area contributed by atoms with Gasteiger partial charge in [0.05, 0.1) is 12.0 Å². The van der Waals surface area contributed by atoms with Gasteiger partial charge in [-0.15, -0.1) is 0 Å². The van der Waals surface area contributed by atoms with Crippen LogP contribution in [0, 0.1) is 0 Å². The van der Waals surface area contributed by atoms with Crippen LogP contribution < -0.4 is 11.1 Å². The zero-order valence-electron chi connectivity index (χ0n) is 11.4. The molecule has 0 saturated heterocycles. The maximum Gasteiger partial charge on any atom is 0.390 e. The van der Waals surface area contributed by atoms with Gasteiger partial charge in [0.25, 0.3) is 0 Å². The molecule has 1 fully saturated rings. The highest BCUT2D eigenvalue weighted by atomic mass is 19.4. The van der Waals surface area contributed by atoms with Crippen molar-refractivity contribution in [3.8, 4) is 0 Å². The van der Waals surface area contributed by atoms with Crippen molar-refractivity contribution >= 4 is 5.91 Å². The van der Waals surface area contributed by atoms with Gasteiger partial charge in [0.15, 0.2) is 0 Å². The summed E-state index contributed by atoms with van der Waals surface area (Å²) in [6.45, 7) is 2.45. The summed E-state index contributed by atoms with van der Waals surface area (Å²) in [7, 11) is 1.67. The lowest BCUT2D eigenvalue weighted by atomic mass is 9.96. The normalized spacial score (nSPS) is 28.0. The van der Waals surface area contributed by atoms with E-state index >= 15 is 0 Å². The SMILES string of the molecule is CCNC1(C(N)=O)CCC(N(C)CCC(F)(F)F)C1. The molecule has 1 aliphatic carbocycles. The molecule has 0 heterocycles. The Balaban J connectivity index is 2.56. The number of nitrogens with two attached hydrogens (primary N) is 1. The van der Waals surface area contributed by atoms with E-state index in [0.717, 1.165) is 0 Å². The van der Waals surface area contributed by atoms with Crippen LogP contribution in [0.2, 0.25) is 0 Å². The predicted octanol–water partition coefficient (Wildman–Crippen LogP) is 1.26. The largest absolute Gasteiger partial charge is 0.390 e. The molecule has 2 atom stereocenters. The van der Waals surface area contributed by atoms with Crippen molar-refractivity contribution < 1.29 is 18.0 Å². The maximum absolute atomic E-state index is 12.2. The highest BCUT2D eigenvalue weighted by molar-refractivity contribution is 5.85. The predicted molar refractivity (Wildman–Crippen MR) is 66.5 cm³/mol. The lowest BCUT2D eigenvalue weighted by Gasteiger charge is -2.29. The third-order valence-corrected chi connectivity index (χ3v) is 3.85. The molecular weight excluding hydrogens is 259 g/mol. The molecule has 0 aliphatic heterocycles. The number of nitrogens with zero attached hydrogens (tertiary/aromatic N) is 1. The summed E-state index contributed by atoms with van der Waals surface area (Å²) < 4.78 is 36.6. The zero-order chi connectivity index (χ0) is 14.7. The van der Waals surface area contributed by atoms with E-state index in [4.69, 9.17) is 5.73 Å². The van der Waals surface area contributed by atoms with Crippen molar-refractivity contribution in [2.75, 3.05) is 20.1 Å². The first-order valence-electron chi connectivity index (χ1n) is 6.52. The Labute approximate surface area is 111 Å². The monoisotopic (exact) mass is 281 g/mol. The van der Waals surface area contributed by atoms with Crippen molar-refractivity contribution in [2.24, 2.45) is 5.73 Å². The minimum absolute atomic E-state index is 0.0334. The molecule has 1 saturated carbocycles. The van der Waals surface area contributed by atoms with Crippen molar-refractivity contribution in [2.45, 2.75) is 50.4 Å². The Morgan fingerprint density at radius 1 is 1.53 bits per heavy atom. The molecule has 0 spiro atoms. The average Bonchev–Trinajstić information content (AvgIpc) is 2.71. The lowest BCUT2D eigenvalue weighted by molar-refractivity contribution is -0.138. The minimum atomic E-state index is -4.14. The van der Waals surface area contributed by atoms with Crippen LogP contribution in [0.1, 0.15) is 32.6 Å². The summed E-state index contributed by atoms with van der Waals surface area (Å²) in [6, 6.07) is -0.0334. The fraction of sp³-hybridized carbons (Fsp3) is 0.917. The van der Waals surface area contributed by atoms with Crippen LogP contribution in [0.4, 0.5) is 13.2 Å². The smallest absolute Gasteiger partial charge is 0.368 e. The molecule has 7 heteroatoms. The second-order valence-corrected chi connectivity index (χ2v) is 5.22. The second-order valence-electron chi connectivity index (χ2n) is 5.22. The summed E-state index contributed by atoms with van der Waals surface area (Å²) >= 11 is 0. The van der Waals surface area contributed by atoms with Crippen molar-refractivity contribution in [3.63, 3.8) is 0 Å². The van der Waals surface area contributed by atoms with Gasteiger partial charge in [-0.2, -0.15) is 13.2 Å². The van der Waals surface area contributed by atoms with E-state index in [9.17, 15) is 18.0 Å². The first-order chi connectivity index (χ1) is 8.70. The fourth-order valence-corrected chi connectivity index (χ4v) is 2.69. The van der Waals surface area contributed by atoms with Crippen LogP contribution in [0.25, 0.3) is 0 Å². The molecule has 1 amide bonds. The van der Waals surface area contributed by atoms with Gasteiger partial charge >= 0.3 is 6.18 Å². The lowest BCUT2D eigenvalue weighted by Crippen LogP contribution is -2.54. The van der Waals surface area contributed by atoms with E-state index in [1.165, 1.54) is 0 Å². The summed E-state index contributed by atoms with van der Waals surface area (Å²) in [5.74, 6) is -0.416. The molecule has 0 radical (unpaired) electrons. The number of carbonyl (C=O) groups excluding carboxylic acids is 1. The van der Waals surface area contributed by atoms with Gasteiger partial charge in [0, 0.05) is 12.6 Å². The Bertz CT molecular complexity index is 322. The molecule has 0 aromatic rings. The molecule has 112 valence electrons. The van der Waals surface area contributed by atoms with Crippen LogP contribution in [-0.4, -0.2) is 48.7 Å². The first kappa shape index (κ1) is 16.2. The number of amides is 1. The highest BCUT2D eigenvalue weighted by Gasteiger charge is 2.44. The van der Waals surface area contributed by atoms with E-state index in [0.29, 0.717) is 25.8 Å². The van der Waals surface area contributed by atoms with Crippen LogP contribution in [-0.2, 0) is 4.79 Å². The van der Waals surface area contributed by atoms with E-state index in [2.05, 4.69) is 5.32 Å². The number of nitrogens with one attached hydrogen (secondary N) is 1. The van der Waals surface area contributed by atoms with E-state index < -0.39 is 24.0 Å². The number of likely N-dealkylation sites (N-methyl/N-ethyl adjacent to an activating group) is 1. The van der Waals surface area contributed by atoms with Gasteiger partial charge < -0.3 is 16.0 Å². The van der Waals surface area contributed by atoms with Crippen LogP contribution in [0.5, 0.6) is 0 Å². The molecule has 4 nitrogen and oxygen atoms in total. The molecule has 3 N–H and O–H groups in total. The summed E-state index contributed by atoms with van der Waals surface area (Å²) in [5, 5.41) is 3.09. The Hall–Kier alpha value is -0.820. The number of hydrogen-bond donors (Lipinski definition) is 2. The quantitative estimate of drug-likeness (QED) is 0.770. The van der Waals surface area contributed by atoms with Crippen molar-refractivity contribution in [1.82, 2.24) is 10.2 Å². The molecule has 1 rings (SSSR count). The Morgan fingerprint density at radius 3 is 2.63 bits per heavy atom. The average molecular weight is 281 g/mol. The summed E-state index contributed by atoms with van der Waals surface area (Å²) in [5.41, 5.74) is 4.67. The number of carbonyl (C=O) groups is 1. The molecule has 19 heavy (non-hydrogen) atoms. The van der Waals surface area contributed by atoms with E-state index in [1.54, 1.807) is 11.9 Å². The fourth-order valence-electron chi connectivity index (χ4n) is 2.69. The van der Waals surface area contributed by atoms with Crippen LogP contribution in [0.15, 0.2) is 0 Å². The van der Waals surface area contributed by atoms with Crippen molar-refractivity contribution in [1.29, 1.82) is 0 Å². The number of alkyl halides is 3. The number of primary amides is 1. The maximum atomic E-state index is 12.2. The molecular formula is C12H22F3N3O. The van der Waals surface area contributed by atoms with Crippen molar-refractivity contribution in [3.05, 3.63) is 0 Å². The van der Waals surface area contributed by atoms with Crippen LogP contribution in [0.3, 0.4) is 0 Å². The minimum Gasteiger partial charge on any atom is -0.368 e. The van der Waals surface area contributed by atoms with Gasteiger partial charge in [-0.05, 0) is 32.9 Å². The first-order valence-corrected chi connectivity index (χ1v) is 6.52. The van der Waals surface area contributed by atoms with Gasteiger partial charge in [-0.1, -0.05) is 6.92 Å². The third-order valence-electron chi connectivity index (χ3n) is 3.85. The number of halogens is 3. The number of rotatable bonds is 6. The highest BCUT2D eigenvalue weighted by Crippen LogP contribution is 2.33. The molecule has 2 unspecified atom stereocenters. The van der Waals surface area contributed by atoms with E-state index in [1.807, 2.05) is 6.92 Å². The molecule has 0 bridgehead atoms. The van der Waals surface area contributed by atoms with E-state index in [-0.39, 0.29) is 12.6 Å². The summed E-state index contributed by atoms with van der Waals surface area (Å²) in [6.07, 6.45) is -3.23. The molecule has 0 aromatic carbocycles. The van der Waals surface area contributed by atoms with Gasteiger partial charge in [-0.3, -0.25) is 4.79 Å². The zero-order valence-corrected chi connectivity index (χ0v) is 11.4. The second kappa shape index (κ2) is 6.09. The van der Waals surface area contributed by atoms with Crippen LogP contribution >= 0.6 is 0 Å².